The Morgan fingerprint density at radius 2 is 2.26 bits per heavy atom. The maximum Gasteiger partial charge on any atom is 0.271 e. The van der Waals surface area contributed by atoms with Crippen molar-refractivity contribution in [2.45, 2.75) is 25.3 Å². The van der Waals surface area contributed by atoms with Crippen molar-refractivity contribution in [3.63, 3.8) is 0 Å². The number of aromatic nitrogens is 2. The summed E-state index contributed by atoms with van der Waals surface area (Å²) in [5.41, 5.74) is -0.167. The maximum atomic E-state index is 11.9. The molecule has 8 nitrogen and oxygen atoms in total. The molecule has 0 aromatic carbocycles. The minimum Gasteiger partial charge on any atom is -0.351 e. The first-order valence-corrected chi connectivity index (χ1v) is 7.74. The van der Waals surface area contributed by atoms with Crippen molar-refractivity contribution in [1.29, 1.82) is 0 Å². The number of carbonyl (C=O) groups excluding carboxylic acids is 2. The molecule has 8 heteroatoms. The van der Waals surface area contributed by atoms with E-state index in [2.05, 4.69) is 15.3 Å². The third-order valence-corrected chi connectivity index (χ3v) is 3.91. The van der Waals surface area contributed by atoms with Crippen LogP contribution in [0.4, 0.5) is 0 Å². The van der Waals surface area contributed by atoms with E-state index in [1.807, 2.05) is 23.9 Å². The Kier molecular flexibility index (Phi) is 5.86. The Labute approximate surface area is 134 Å². The molecule has 2 N–H and O–H groups in total. The van der Waals surface area contributed by atoms with Crippen LogP contribution < -0.4 is 10.9 Å². The number of likely N-dealkylation sites (tertiary alicyclic amines) is 1. The first-order chi connectivity index (χ1) is 11.0. The van der Waals surface area contributed by atoms with Gasteiger partial charge in [-0.05, 0) is 26.9 Å². The first kappa shape index (κ1) is 17.1. The second kappa shape index (κ2) is 7.87. The van der Waals surface area contributed by atoms with E-state index in [1.165, 1.54) is 6.20 Å². The zero-order valence-electron chi connectivity index (χ0n) is 13.5. The van der Waals surface area contributed by atoms with Crippen LogP contribution in [0, 0.1) is 0 Å². The van der Waals surface area contributed by atoms with Gasteiger partial charge in [-0.3, -0.25) is 14.4 Å². The Bertz CT molecular complexity index is 593. The predicted molar refractivity (Wildman–Crippen MR) is 85.1 cm³/mol. The minimum atomic E-state index is -0.345. The van der Waals surface area contributed by atoms with Gasteiger partial charge in [0.15, 0.2) is 0 Å². The molecule has 0 aliphatic carbocycles. The number of nitrogens with one attached hydrogen (secondary N) is 2. The van der Waals surface area contributed by atoms with Crippen LogP contribution in [0.3, 0.4) is 0 Å². The number of aromatic amines is 1. The van der Waals surface area contributed by atoms with Gasteiger partial charge in [0.2, 0.25) is 5.91 Å². The molecule has 1 atom stereocenters. The van der Waals surface area contributed by atoms with Gasteiger partial charge in [0.1, 0.15) is 5.69 Å². The van der Waals surface area contributed by atoms with Crippen LogP contribution in [0.25, 0.3) is 0 Å². The van der Waals surface area contributed by atoms with E-state index in [-0.39, 0.29) is 29.1 Å². The van der Waals surface area contributed by atoms with E-state index in [0.29, 0.717) is 25.9 Å². The van der Waals surface area contributed by atoms with Gasteiger partial charge in [0.25, 0.3) is 11.5 Å². The summed E-state index contributed by atoms with van der Waals surface area (Å²) >= 11 is 0. The van der Waals surface area contributed by atoms with Crippen LogP contribution in [-0.4, -0.2) is 71.4 Å². The smallest absolute Gasteiger partial charge is 0.271 e. The third-order valence-electron chi connectivity index (χ3n) is 3.91. The van der Waals surface area contributed by atoms with Crippen LogP contribution in [0.5, 0.6) is 0 Å². The van der Waals surface area contributed by atoms with Crippen LogP contribution in [0.1, 0.15) is 29.8 Å². The summed E-state index contributed by atoms with van der Waals surface area (Å²) in [6.07, 6.45) is 4.49. The fourth-order valence-electron chi connectivity index (χ4n) is 2.62. The Hall–Kier alpha value is -2.22. The standard InChI is InChI=1S/C15H23N5O3/c1-19(2)7-8-20-11(3-4-14(20)22)5-6-16-15(23)12-9-18-13(21)10-17-12/h9-11H,3-8H2,1-2H3,(H,16,23)(H,18,21). The minimum absolute atomic E-state index is 0.172. The number of carbonyl (C=O) groups is 2. The summed E-state index contributed by atoms with van der Waals surface area (Å²) < 4.78 is 0. The number of rotatable bonds is 7. The molecular weight excluding hydrogens is 298 g/mol. The SMILES string of the molecule is CN(C)CCN1C(=O)CCC1CCNC(=O)c1c[nH]c(=O)cn1. The molecule has 1 aromatic rings. The molecule has 1 aromatic heterocycles. The molecule has 0 saturated carbocycles. The molecule has 2 amide bonds. The molecule has 2 heterocycles. The van der Waals surface area contributed by atoms with Gasteiger partial charge in [0.05, 0.1) is 6.20 Å². The van der Waals surface area contributed by atoms with Crippen LogP contribution in [0.15, 0.2) is 17.2 Å². The van der Waals surface area contributed by atoms with Crippen molar-refractivity contribution in [2.75, 3.05) is 33.7 Å². The van der Waals surface area contributed by atoms with Crippen molar-refractivity contribution < 1.29 is 9.59 Å². The molecule has 0 bridgehead atoms. The van der Waals surface area contributed by atoms with Crippen LogP contribution in [-0.2, 0) is 4.79 Å². The van der Waals surface area contributed by atoms with Crippen molar-refractivity contribution >= 4 is 11.8 Å². The molecule has 1 aliphatic rings. The lowest BCUT2D eigenvalue weighted by Gasteiger charge is -2.26. The Morgan fingerprint density at radius 3 is 2.91 bits per heavy atom. The van der Waals surface area contributed by atoms with E-state index in [9.17, 15) is 14.4 Å². The lowest BCUT2D eigenvalue weighted by molar-refractivity contribution is -0.129. The number of likely N-dealkylation sites (N-methyl/N-ethyl adjacent to an activating group) is 1. The summed E-state index contributed by atoms with van der Waals surface area (Å²) in [6.45, 7) is 2.01. The zero-order valence-corrected chi connectivity index (χ0v) is 13.5. The average Bonchev–Trinajstić information content (AvgIpc) is 2.86. The monoisotopic (exact) mass is 321 g/mol. The van der Waals surface area contributed by atoms with Gasteiger partial charge in [-0.2, -0.15) is 0 Å². The Balaban J connectivity index is 1.80. The topological polar surface area (TPSA) is 98.4 Å². The Morgan fingerprint density at radius 1 is 1.48 bits per heavy atom. The fourth-order valence-corrected chi connectivity index (χ4v) is 2.62. The highest BCUT2D eigenvalue weighted by molar-refractivity contribution is 5.91. The summed E-state index contributed by atoms with van der Waals surface area (Å²) in [5, 5.41) is 2.77. The normalized spacial score (nSPS) is 17.8. The number of hydrogen-bond donors (Lipinski definition) is 2. The highest BCUT2D eigenvalue weighted by Crippen LogP contribution is 2.20. The second-order valence-electron chi connectivity index (χ2n) is 5.92. The number of hydrogen-bond acceptors (Lipinski definition) is 5. The predicted octanol–water partition coefficient (Wildman–Crippen LogP) is -0.558. The fraction of sp³-hybridized carbons (Fsp3) is 0.600. The lowest BCUT2D eigenvalue weighted by Crippen LogP contribution is -2.40. The molecule has 0 radical (unpaired) electrons. The summed E-state index contributed by atoms with van der Waals surface area (Å²) in [6, 6.07) is 0.172. The van der Waals surface area contributed by atoms with Crippen molar-refractivity contribution in [3.8, 4) is 0 Å². The summed E-state index contributed by atoms with van der Waals surface area (Å²) in [4.78, 5) is 44.9. The maximum absolute atomic E-state index is 11.9. The quantitative estimate of drug-likeness (QED) is 0.702. The largest absolute Gasteiger partial charge is 0.351 e. The van der Waals surface area contributed by atoms with E-state index < -0.39 is 0 Å². The van der Waals surface area contributed by atoms with E-state index in [1.54, 1.807) is 0 Å². The molecule has 1 unspecified atom stereocenters. The van der Waals surface area contributed by atoms with Gasteiger partial charge in [-0.15, -0.1) is 0 Å². The molecule has 1 fully saturated rings. The summed E-state index contributed by atoms with van der Waals surface area (Å²) in [5.74, 6) is -0.143. The lowest BCUT2D eigenvalue weighted by atomic mass is 10.1. The number of H-pyrrole nitrogens is 1. The molecule has 0 spiro atoms. The van der Waals surface area contributed by atoms with Crippen molar-refractivity contribution in [3.05, 3.63) is 28.4 Å². The molecule has 2 rings (SSSR count). The van der Waals surface area contributed by atoms with E-state index in [4.69, 9.17) is 0 Å². The van der Waals surface area contributed by atoms with Gasteiger partial charge in [-0.1, -0.05) is 0 Å². The van der Waals surface area contributed by atoms with Gasteiger partial charge >= 0.3 is 0 Å². The molecule has 1 saturated heterocycles. The van der Waals surface area contributed by atoms with E-state index in [0.717, 1.165) is 19.2 Å². The van der Waals surface area contributed by atoms with Crippen molar-refractivity contribution in [2.24, 2.45) is 0 Å². The first-order valence-electron chi connectivity index (χ1n) is 7.74. The summed E-state index contributed by atoms with van der Waals surface area (Å²) in [7, 11) is 3.96. The van der Waals surface area contributed by atoms with Gasteiger partial charge < -0.3 is 20.1 Å². The molecule has 1 aliphatic heterocycles. The highest BCUT2D eigenvalue weighted by atomic mass is 16.2. The second-order valence-corrected chi connectivity index (χ2v) is 5.92. The zero-order chi connectivity index (χ0) is 16.8. The van der Waals surface area contributed by atoms with Crippen LogP contribution >= 0.6 is 0 Å². The third kappa shape index (κ3) is 4.88. The van der Waals surface area contributed by atoms with E-state index >= 15 is 0 Å². The van der Waals surface area contributed by atoms with Gasteiger partial charge in [0, 0.05) is 38.3 Å². The molecular formula is C15H23N5O3. The number of amides is 2. The van der Waals surface area contributed by atoms with Crippen molar-refractivity contribution in [1.82, 2.24) is 25.1 Å². The average molecular weight is 321 g/mol. The molecule has 23 heavy (non-hydrogen) atoms. The molecule has 126 valence electrons. The van der Waals surface area contributed by atoms with Crippen LogP contribution in [0.2, 0.25) is 0 Å². The highest BCUT2D eigenvalue weighted by Gasteiger charge is 2.30. The number of nitrogens with zero attached hydrogens (tertiary/aromatic N) is 3. The van der Waals surface area contributed by atoms with Gasteiger partial charge in [-0.25, -0.2) is 4.98 Å².